The summed E-state index contributed by atoms with van der Waals surface area (Å²) in [6.45, 7) is 0.728. The minimum atomic E-state index is -3.86. The van der Waals surface area contributed by atoms with Crippen LogP contribution in [0.1, 0.15) is 31.0 Å². The highest BCUT2D eigenvalue weighted by Gasteiger charge is 2.18. The molecule has 7 nitrogen and oxygen atoms in total. The highest BCUT2D eigenvalue weighted by Crippen LogP contribution is 2.30. The third-order valence-electron chi connectivity index (χ3n) is 4.50. The molecule has 0 heterocycles. The number of rotatable bonds is 9. The van der Waals surface area contributed by atoms with Gasteiger partial charge in [0.15, 0.2) is 11.5 Å². The number of nitrogens with zero attached hydrogens (tertiary/aromatic N) is 1. The maximum Gasteiger partial charge on any atom is 0.387 e. The second kappa shape index (κ2) is 10.4. The van der Waals surface area contributed by atoms with E-state index in [1.807, 2.05) is 0 Å². The fourth-order valence-electron chi connectivity index (χ4n) is 2.74. The zero-order valence-corrected chi connectivity index (χ0v) is 18.1. The predicted octanol–water partition coefficient (Wildman–Crippen LogP) is 3.57. The number of ether oxygens (including phenoxy) is 2. The SMILES string of the molecule is CCOc1cc(/C=C/C(=O)N(C)C(C)c2cccc(S(N)(=O)=O)c2)ccc1OC(F)F. The van der Waals surface area contributed by atoms with Crippen LogP contribution in [0.4, 0.5) is 8.78 Å². The third-order valence-corrected chi connectivity index (χ3v) is 5.41. The Labute approximate surface area is 180 Å². The minimum Gasteiger partial charge on any atom is -0.490 e. The molecule has 1 amide bonds. The van der Waals surface area contributed by atoms with Crippen LogP contribution in [0.3, 0.4) is 0 Å². The Bertz CT molecular complexity index is 1060. The molecule has 0 bridgehead atoms. The molecular formula is C21H24F2N2O5S. The molecule has 0 saturated carbocycles. The van der Waals surface area contributed by atoms with E-state index in [2.05, 4.69) is 4.74 Å². The Kier molecular flexibility index (Phi) is 8.12. The van der Waals surface area contributed by atoms with E-state index in [-0.39, 0.29) is 28.9 Å². The van der Waals surface area contributed by atoms with Crippen molar-refractivity contribution in [2.75, 3.05) is 13.7 Å². The Morgan fingerprint density at radius 1 is 1.19 bits per heavy atom. The van der Waals surface area contributed by atoms with Gasteiger partial charge in [0.25, 0.3) is 0 Å². The molecule has 0 saturated heterocycles. The second-order valence-corrected chi connectivity index (χ2v) is 8.16. The van der Waals surface area contributed by atoms with Gasteiger partial charge in [0.05, 0.1) is 17.5 Å². The molecule has 1 unspecified atom stereocenters. The Hall–Kier alpha value is -2.98. The normalized spacial score (nSPS) is 12.7. The summed E-state index contributed by atoms with van der Waals surface area (Å²) in [6, 6.07) is 9.97. The van der Waals surface area contributed by atoms with Gasteiger partial charge in [-0.3, -0.25) is 4.79 Å². The first-order valence-electron chi connectivity index (χ1n) is 9.32. The molecule has 1 atom stereocenters. The van der Waals surface area contributed by atoms with E-state index < -0.39 is 22.7 Å². The standard InChI is InChI=1S/C21H24F2N2O5S/c1-4-29-19-12-15(8-10-18(19)30-21(22)23)9-11-20(26)25(3)14(2)16-6-5-7-17(13-16)31(24,27)28/h5-14,21H,4H2,1-3H3,(H2,24,27,28)/b11-9+. The van der Waals surface area contributed by atoms with Gasteiger partial charge in [-0.05, 0) is 55.3 Å². The van der Waals surface area contributed by atoms with Crippen LogP contribution < -0.4 is 14.6 Å². The van der Waals surface area contributed by atoms with E-state index >= 15 is 0 Å². The molecule has 168 valence electrons. The molecule has 0 spiro atoms. The van der Waals surface area contributed by atoms with Gasteiger partial charge in [-0.15, -0.1) is 0 Å². The van der Waals surface area contributed by atoms with Crippen molar-refractivity contribution in [3.05, 3.63) is 59.7 Å². The molecule has 0 radical (unpaired) electrons. The van der Waals surface area contributed by atoms with Gasteiger partial charge >= 0.3 is 6.61 Å². The molecule has 10 heteroatoms. The number of carbonyl (C=O) groups excluding carboxylic acids is 1. The summed E-state index contributed by atoms with van der Waals surface area (Å²) in [7, 11) is -2.28. The molecule has 2 aromatic rings. The van der Waals surface area contributed by atoms with E-state index in [1.54, 1.807) is 33.0 Å². The predicted molar refractivity (Wildman–Crippen MR) is 112 cm³/mol. The number of alkyl halides is 2. The Morgan fingerprint density at radius 2 is 1.90 bits per heavy atom. The van der Waals surface area contributed by atoms with Gasteiger partial charge in [-0.2, -0.15) is 8.78 Å². The van der Waals surface area contributed by atoms with Crippen molar-refractivity contribution >= 4 is 22.0 Å². The summed E-state index contributed by atoms with van der Waals surface area (Å²) in [4.78, 5) is 14.0. The van der Waals surface area contributed by atoms with Crippen LogP contribution in [-0.4, -0.2) is 39.5 Å². The summed E-state index contributed by atoms with van der Waals surface area (Å²) in [5.41, 5.74) is 1.15. The highest BCUT2D eigenvalue weighted by molar-refractivity contribution is 7.89. The fourth-order valence-corrected chi connectivity index (χ4v) is 3.31. The minimum absolute atomic E-state index is 0.0391. The van der Waals surface area contributed by atoms with Gasteiger partial charge < -0.3 is 14.4 Å². The van der Waals surface area contributed by atoms with Gasteiger partial charge in [0.2, 0.25) is 15.9 Å². The van der Waals surface area contributed by atoms with Gasteiger partial charge in [0, 0.05) is 13.1 Å². The van der Waals surface area contributed by atoms with Crippen molar-refractivity contribution in [1.82, 2.24) is 4.90 Å². The number of halogens is 2. The van der Waals surface area contributed by atoms with Crippen LogP contribution in [0.25, 0.3) is 6.08 Å². The smallest absolute Gasteiger partial charge is 0.387 e. The number of likely N-dealkylation sites (N-methyl/N-ethyl adjacent to an activating group) is 1. The zero-order valence-electron chi connectivity index (χ0n) is 17.3. The first-order chi connectivity index (χ1) is 14.5. The van der Waals surface area contributed by atoms with Crippen molar-refractivity contribution in [3.8, 4) is 11.5 Å². The molecule has 0 aliphatic heterocycles. The summed E-state index contributed by atoms with van der Waals surface area (Å²) in [5, 5.41) is 5.16. The number of hydrogen-bond donors (Lipinski definition) is 1. The van der Waals surface area contributed by atoms with E-state index in [0.717, 1.165) is 0 Å². The van der Waals surface area contributed by atoms with Crippen molar-refractivity contribution in [2.45, 2.75) is 31.4 Å². The van der Waals surface area contributed by atoms with Gasteiger partial charge in [0.1, 0.15) is 0 Å². The average Bonchev–Trinajstić information content (AvgIpc) is 2.71. The lowest BCUT2D eigenvalue weighted by molar-refractivity contribution is -0.126. The van der Waals surface area contributed by atoms with Crippen LogP contribution >= 0.6 is 0 Å². The maximum atomic E-state index is 12.6. The Balaban J connectivity index is 2.17. The van der Waals surface area contributed by atoms with E-state index in [4.69, 9.17) is 9.88 Å². The number of nitrogens with two attached hydrogens (primary N) is 1. The van der Waals surface area contributed by atoms with Gasteiger partial charge in [-0.1, -0.05) is 18.2 Å². The topological polar surface area (TPSA) is 98.9 Å². The number of amides is 1. The molecular weight excluding hydrogens is 430 g/mol. The maximum absolute atomic E-state index is 12.6. The van der Waals surface area contributed by atoms with E-state index in [0.29, 0.717) is 11.1 Å². The summed E-state index contributed by atoms with van der Waals surface area (Å²) in [6.07, 6.45) is 2.83. The summed E-state index contributed by atoms with van der Waals surface area (Å²) in [5.74, 6) is -0.306. The number of sulfonamides is 1. The molecule has 2 N–H and O–H groups in total. The van der Waals surface area contributed by atoms with Crippen LogP contribution in [0.5, 0.6) is 11.5 Å². The van der Waals surface area contributed by atoms with Crippen LogP contribution in [0.15, 0.2) is 53.4 Å². The van der Waals surface area contributed by atoms with Crippen molar-refractivity contribution < 1.29 is 31.5 Å². The summed E-state index contributed by atoms with van der Waals surface area (Å²) < 4.78 is 57.9. The lowest BCUT2D eigenvalue weighted by Crippen LogP contribution is -2.28. The highest BCUT2D eigenvalue weighted by atomic mass is 32.2. The average molecular weight is 454 g/mol. The lowest BCUT2D eigenvalue weighted by atomic mass is 10.1. The second-order valence-electron chi connectivity index (χ2n) is 6.59. The van der Waals surface area contributed by atoms with Gasteiger partial charge in [-0.25, -0.2) is 13.6 Å². The third kappa shape index (κ3) is 6.76. The largest absolute Gasteiger partial charge is 0.490 e. The number of primary sulfonamides is 1. The quantitative estimate of drug-likeness (QED) is 0.584. The van der Waals surface area contributed by atoms with Crippen molar-refractivity contribution in [1.29, 1.82) is 0 Å². The number of hydrogen-bond acceptors (Lipinski definition) is 5. The van der Waals surface area contributed by atoms with Crippen LogP contribution in [0.2, 0.25) is 0 Å². The van der Waals surface area contributed by atoms with Crippen LogP contribution in [-0.2, 0) is 14.8 Å². The summed E-state index contributed by atoms with van der Waals surface area (Å²) >= 11 is 0. The first kappa shape index (κ1) is 24.3. The molecule has 0 aromatic heterocycles. The van der Waals surface area contributed by atoms with Crippen molar-refractivity contribution in [2.24, 2.45) is 5.14 Å². The van der Waals surface area contributed by atoms with Crippen LogP contribution in [0, 0.1) is 0 Å². The molecule has 0 aliphatic rings. The molecule has 2 rings (SSSR count). The fraction of sp³-hybridized carbons (Fsp3) is 0.286. The zero-order chi connectivity index (χ0) is 23.2. The molecule has 0 fully saturated rings. The number of carbonyl (C=O) groups is 1. The monoisotopic (exact) mass is 454 g/mol. The van der Waals surface area contributed by atoms with E-state index in [1.165, 1.54) is 47.4 Å². The Morgan fingerprint density at radius 3 is 2.52 bits per heavy atom. The molecule has 2 aromatic carbocycles. The first-order valence-corrected chi connectivity index (χ1v) is 10.9. The number of benzene rings is 2. The molecule has 0 aliphatic carbocycles. The van der Waals surface area contributed by atoms with E-state index in [9.17, 15) is 22.0 Å². The van der Waals surface area contributed by atoms with Crippen molar-refractivity contribution in [3.63, 3.8) is 0 Å². The lowest BCUT2D eigenvalue weighted by Gasteiger charge is -2.24. The molecule has 31 heavy (non-hydrogen) atoms.